The Morgan fingerprint density at radius 3 is 2.50 bits per heavy atom. The molecule has 1 aromatic carbocycles. The van der Waals surface area contributed by atoms with Gasteiger partial charge < -0.3 is 0 Å². The minimum absolute atomic E-state index is 0.144. The highest BCUT2D eigenvalue weighted by atomic mass is 79.9. The Hall–Kier alpha value is -1.22. The first-order valence-electron chi connectivity index (χ1n) is 5.93. The van der Waals surface area contributed by atoms with Crippen LogP contribution < -0.4 is 0 Å². The standard InChI is InChI=1S/C15H16BrNO/c1-15(2,3)14(18)13(16)12-9-8-10-6-4-5-7-11(10)17-12/h4-9,13H,1-3H3. The molecule has 0 aliphatic rings. The highest BCUT2D eigenvalue weighted by molar-refractivity contribution is 9.09. The van der Waals surface area contributed by atoms with Crippen LogP contribution in [-0.2, 0) is 4.79 Å². The summed E-state index contributed by atoms with van der Waals surface area (Å²) in [4.78, 5) is 16.4. The third-order valence-electron chi connectivity index (χ3n) is 2.85. The zero-order valence-corrected chi connectivity index (χ0v) is 12.4. The lowest BCUT2D eigenvalue weighted by atomic mass is 9.88. The molecule has 2 aromatic rings. The second-order valence-corrected chi connectivity index (χ2v) is 6.32. The largest absolute Gasteiger partial charge is 0.297 e. The van der Waals surface area contributed by atoms with Crippen LogP contribution in [0.15, 0.2) is 36.4 Å². The lowest BCUT2D eigenvalue weighted by Gasteiger charge is -2.20. The summed E-state index contributed by atoms with van der Waals surface area (Å²) in [6.07, 6.45) is 0. The van der Waals surface area contributed by atoms with Crippen molar-refractivity contribution in [1.82, 2.24) is 4.98 Å². The van der Waals surface area contributed by atoms with Crippen LogP contribution in [0.5, 0.6) is 0 Å². The van der Waals surface area contributed by atoms with Gasteiger partial charge in [-0.3, -0.25) is 9.78 Å². The van der Waals surface area contributed by atoms with E-state index < -0.39 is 0 Å². The first kappa shape index (κ1) is 13.2. The molecule has 1 heterocycles. The third kappa shape index (κ3) is 2.61. The number of benzene rings is 1. The SMILES string of the molecule is CC(C)(C)C(=O)C(Br)c1ccc2ccccc2n1. The Morgan fingerprint density at radius 1 is 1.17 bits per heavy atom. The van der Waals surface area contributed by atoms with Crippen LogP contribution >= 0.6 is 15.9 Å². The Labute approximate surface area is 116 Å². The van der Waals surface area contributed by atoms with E-state index in [0.717, 1.165) is 16.6 Å². The summed E-state index contributed by atoms with van der Waals surface area (Å²) in [5.41, 5.74) is 1.32. The van der Waals surface area contributed by atoms with E-state index in [1.54, 1.807) is 0 Å². The van der Waals surface area contributed by atoms with Gasteiger partial charge in [0.25, 0.3) is 0 Å². The van der Waals surface area contributed by atoms with Gasteiger partial charge in [-0.15, -0.1) is 0 Å². The first-order valence-corrected chi connectivity index (χ1v) is 6.85. The molecule has 0 saturated carbocycles. The topological polar surface area (TPSA) is 30.0 Å². The Bertz CT molecular complexity index is 586. The predicted molar refractivity (Wildman–Crippen MR) is 77.9 cm³/mol. The van der Waals surface area contributed by atoms with Crippen LogP contribution in [-0.4, -0.2) is 10.8 Å². The van der Waals surface area contributed by atoms with Gasteiger partial charge in [0.05, 0.1) is 11.2 Å². The molecule has 18 heavy (non-hydrogen) atoms. The van der Waals surface area contributed by atoms with Gasteiger partial charge in [0.2, 0.25) is 0 Å². The quantitative estimate of drug-likeness (QED) is 0.775. The molecule has 1 unspecified atom stereocenters. The van der Waals surface area contributed by atoms with Crippen molar-refractivity contribution < 1.29 is 4.79 Å². The Kier molecular flexibility index (Phi) is 3.53. The maximum atomic E-state index is 12.2. The van der Waals surface area contributed by atoms with E-state index in [1.165, 1.54) is 0 Å². The maximum absolute atomic E-state index is 12.2. The maximum Gasteiger partial charge on any atom is 0.157 e. The van der Waals surface area contributed by atoms with E-state index >= 15 is 0 Å². The smallest absolute Gasteiger partial charge is 0.157 e. The van der Waals surface area contributed by atoms with Gasteiger partial charge >= 0.3 is 0 Å². The number of aromatic nitrogens is 1. The molecule has 0 radical (unpaired) electrons. The number of ketones is 1. The number of pyridine rings is 1. The average Bonchev–Trinajstić information content (AvgIpc) is 2.35. The van der Waals surface area contributed by atoms with Crippen LogP contribution in [0.1, 0.15) is 31.3 Å². The predicted octanol–water partition coefficient (Wildman–Crippen LogP) is 4.29. The molecule has 94 valence electrons. The highest BCUT2D eigenvalue weighted by Gasteiger charge is 2.29. The summed E-state index contributed by atoms with van der Waals surface area (Å²) in [5.74, 6) is 0.144. The molecule has 0 N–H and O–H groups in total. The molecule has 0 fully saturated rings. The molecule has 0 aliphatic carbocycles. The van der Waals surface area contributed by atoms with Gasteiger partial charge in [0.15, 0.2) is 5.78 Å². The van der Waals surface area contributed by atoms with Crippen LogP contribution in [0.25, 0.3) is 10.9 Å². The molecule has 1 atom stereocenters. The number of carbonyl (C=O) groups is 1. The van der Waals surface area contributed by atoms with Crippen molar-refractivity contribution in [3.63, 3.8) is 0 Å². The number of fused-ring (bicyclic) bond motifs is 1. The number of carbonyl (C=O) groups excluding carboxylic acids is 1. The molecule has 0 amide bonds. The number of nitrogens with zero attached hydrogens (tertiary/aromatic N) is 1. The third-order valence-corrected chi connectivity index (χ3v) is 3.73. The molecule has 3 heteroatoms. The van der Waals surface area contributed by atoms with Crippen molar-refractivity contribution in [2.24, 2.45) is 5.41 Å². The van der Waals surface area contributed by atoms with Crippen molar-refractivity contribution >= 4 is 32.6 Å². The molecular formula is C15H16BrNO. The minimum atomic E-state index is -0.374. The van der Waals surface area contributed by atoms with Crippen LogP contribution in [0.2, 0.25) is 0 Å². The molecular weight excluding hydrogens is 290 g/mol. The number of Topliss-reactive ketones (excluding diaryl/α,β-unsaturated/α-hetero) is 1. The van der Waals surface area contributed by atoms with Gasteiger partial charge in [-0.2, -0.15) is 0 Å². The molecule has 2 rings (SSSR count). The zero-order chi connectivity index (χ0) is 13.3. The van der Waals surface area contributed by atoms with Crippen molar-refractivity contribution in [3.05, 3.63) is 42.1 Å². The molecule has 0 aliphatic heterocycles. The highest BCUT2D eigenvalue weighted by Crippen LogP contribution is 2.31. The van der Waals surface area contributed by atoms with Crippen molar-refractivity contribution in [2.45, 2.75) is 25.6 Å². The Balaban J connectivity index is 2.39. The monoisotopic (exact) mass is 305 g/mol. The summed E-state index contributed by atoms with van der Waals surface area (Å²) in [5, 5.41) is 1.09. The lowest BCUT2D eigenvalue weighted by Crippen LogP contribution is -2.24. The number of para-hydroxylation sites is 1. The van der Waals surface area contributed by atoms with E-state index in [4.69, 9.17) is 0 Å². The molecule has 0 saturated heterocycles. The number of halogens is 1. The fourth-order valence-electron chi connectivity index (χ4n) is 1.74. The fourth-order valence-corrected chi connectivity index (χ4v) is 2.68. The second-order valence-electron chi connectivity index (χ2n) is 5.41. The van der Waals surface area contributed by atoms with E-state index in [0.29, 0.717) is 0 Å². The molecule has 0 spiro atoms. The van der Waals surface area contributed by atoms with Gasteiger partial charge in [-0.1, -0.05) is 61.0 Å². The zero-order valence-electron chi connectivity index (χ0n) is 10.8. The van der Waals surface area contributed by atoms with Crippen molar-refractivity contribution in [3.8, 4) is 0 Å². The molecule has 1 aromatic heterocycles. The van der Waals surface area contributed by atoms with E-state index in [1.807, 2.05) is 57.2 Å². The summed E-state index contributed by atoms with van der Waals surface area (Å²) in [6.45, 7) is 5.76. The number of rotatable bonds is 2. The van der Waals surface area contributed by atoms with Gasteiger partial charge in [0, 0.05) is 10.8 Å². The summed E-state index contributed by atoms with van der Waals surface area (Å²) < 4.78 is 0. The van der Waals surface area contributed by atoms with Crippen molar-refractivity contribution in [2.75, 3.05) is 0 Å². The lowest BCUT2D eigenvalue weighted by molar-refractivity contribution is -0.125. The fraction of sp³-hybridized carbons (Fsp3) is 0.333. The minimum Gasteiger partial charge on any atom is -0.297 e. The Morgan fingerprint density at radius 2 is 1.83 bits per heavy atom. The summed E-state index contributed by atoms with van der Waals surface area (Å²) in [7, 11) is 0. The van der Waals surface area contributed by atoms with Crippen LogP contribution in [0.3, 0.4) is 0 Å². The van der Waals surface area contributed by atoms with Gasteiger partial charge in [-0.25, -0.2) is 0 Å². The second kappa shape index (κ2) is 4.81. The average molecular weight is 306 g/mol. The number of alkyl halides is 1. The molecule has 2 nitrogen and oxygen atoms in total. The summed E-state index contributed by atoms with van der Waals surface area (Å²) in [6, 6.07) is 11.8. The number of hydrogen-bond acceptors (Lipinski definition) is 2. The normalized spacial score (nSPS) is 13.6. The first-order chi connectivity index (χ1) is 8.39. The van der Waals surface area contributed by atoms with E-state index in [-0.39, 0.29) is 16.0 Å². The van der Waals surface area contributed by atoms with Crippen LogP contribution in [0, 0.1) is 5.41 Å². The van der Waals surface area contributed by atoms with Gasteiger partial charge in [0.1, 0.15) is 4.83 Å². The van der Waals surface area contributed by atoms with Crippen molar-refractivity contribution in [1.29, 1.82) is 0 Å². The number of hydrogen-bond donors (Lipinski definition) is 0. The van der Waals surface area contributed by atoms with Crippen LogP contribution in [0.4, 0.5) is 0 Å². The molecule has 0 bridgehead atoms. The summed E-state index contributed by atoms with van der Waals surface area (Å²) >= 11 is 3.46. The van der Waals surface area contributed by atoms with E-state index in [2.05, 4.69) is 20.9 Å². The van der Waals surface area contributed by atoms with E-state index in [9.17, 15) is 4.79 Å². The van der Waals surface area contributed by atoms with Gasteiger partial charge in [-0.05, 0) is 12.1 Å².